The number of piperazine rings is 1. The maximum absolute atomic E-state index is 13.6. The van der Waals surface area contributed by atoms with Gasteiger partial charge in [-0.2, -0.15) is 0 Å². The topological polar surface area (TPSA) is 85.8 Å². The Morgan fingerprint density at radius 3 is 2.35 bits per heavy atom. The third kappa shape index (κ3) is 4.43. The lowest BCUT2D eigenvalue weighted by atomic mass is 10.1. The van der Waals surface area contributed by atoms with Gasteiger partial charge in [0.05, 0.1) is 22.7 Å². The second-order valence-corrected chi connectivity index (χ2v) is 9.83. The molecule has 0 saturated carbocycles. The Balaban J connectivity index is 1.84. The molecule has 1 aromatic heterocycles. The molecular weight excluding hydrogens is 412 g/mol. The second kappa shape index (κ2) is 8.92. The van der Waals surface area contributed by atoms with E-state index in [-0.39, 0.29) is 16.4 Å². The molecule has 1 aliphatic heterocycles. The van der Waals surface area contributed by atoms with Crippen LogP contribution in [0.3, 0.4) is 0 Å². The minimum atomic E-state index is -3.79. The minimum Gasteiger partial charge on any atom is -0.392 e. The van der Waals surface area contributed by atoms with Crippen molar-refractivity contribution < 1.29 is 13.5 Å². The molecule has 0 unspecified atom stereocenters. The van der Waals surface area contributed by atoms with E-state index in [0.717, 1.165) is 38.2 Å². The molecule has 4 rings (SSSR count). The lowest BCUT2D eigenvalue weighted by Gasteiger charge is -2.33. The molecule has 0 spiro atoms. The quantitative estimate of drug-likeness (QED) is 0.610. The molecule has 8 heteroatoms. The number of hydrogen-bond acceptors (Lipinski definition) is 7. The van der Waals surface area contributed by atoms with Gasteiger partial charge in [-0.05, 0) is 48.9 Å². The average molecular weight is 441 g/mol. The minimum absolute atomic E-state index is 0.126. The molecule has 0 aliphatic carbocycles. The third-order valence-corrected chi connectivity index (χ3v) is 7.57. The van der Waals surface area contributed by atoms with E-state index in [1.54, 1.807) is 24.3 Å². The number of sulfone groups is 1. The number of aromatic nitrogens is 1. The lowest BCUT2D eigenvalue weighted by Crippen LogP contribution is -2.47. The highest BCUT2D eigenvalue weighted by atomic mass is 32.2. The summed E-state index contributed by atoms with van der Waals surface area (Å²) in [5, 5.41) is 12.3. The van der Waals surface area contributed by atoms with E-state index in [1.165, 1.54) is 6.20 Å². The molecule has 164 valence electrons. The molecule has 2 N–H and O–H groups in total. The Hall–Kier alpha value is -2.52. The SMILES string of the molecule is CCc1ccc(S(=O)(=O)c2cnc3ccc(CO)cc3c2NN2CCN(C)CC2)cc1. The van der Waals surface area contributed by atoms with Crippen LogP contribution in [0.2, 0.25) is 0 Å². The molecule has 2 heterocycles. The van der Waals surface area contributed by atoms with Gasteiger partial charge in [-0.1, -0.05) is 25.1 Å². The molecule has 0 bridgehead atoms. The Morgan fingerprint density at radius 2 is 1.71 bits per heavy atom. The van der Waals surface area contributed by atoms with E-state index < -0.39 is 9.84 Å². The van der Waals surface area contributed by atoms with Gasteiger partial charge in [0.25, 0.3) is 0 Å². The summed E-state index contributed by atoms with van der Waals surface area (Å²) >= 11 is 0. The number of rotatable bonds is 6. The summed E-state index contributed by atoms with van der Waals surface area (Å²) in [5.41, 5.74) is 6.34. The van der Waals surface area contributed by atoms with Crippen molar-refractivity contribution in [2.75, 3.05) is 38.7 Å². The van der Waals surface area contributed by atoms with Gasteiger partial charge in [-0.25, -0.2) is 13.4 Å². The number of aliphatic hydroxyl groups excluding tert-OH is 1. The van der Waals surface area contributed by atoms with Crippen molar-refractivity contribution in [2.24, 2.45) is 0 Å². The van der Waals surface area contributed by atoms with E-state index >= 15 is 0 Å². The lowest BCUT2D eigenvalue weighted by molar-refractivity contribution is 0.179. The van der Waals surface area contributed by atoms with Crippen molar-refractivity contribution >= 4 is 26.4 Å². The number of benzene rings is 2. The summed E-state index contributed by atoms with van der Waals surface area (Å²) < 4.78 is 27.2. The first kappa shape index (κ1) is 21.7. The summed E-state index contributed by atoms with van der Waals surface area (Å²) in [5.74, 6) is 0. The van der Waals surface area contributed by atoms with E-state index in [0.29, 0.717) is 22.2 Å². The summed E-state index contributed by atoms with van der Waals surface area (Å²) in [6.07, 6.45) is 2.28. The fourth-order valence-electron chi connectivity index (χ4n) is 3.75. The third-order valence-electron chi connectivity index (χ3n) is 5.78. The highest BCUT2D eigenvalue weighted by molar-refractivity contribution is 7.91. The molecule has 1 saturated heterocycles. The Morgan fingerprint density at radius 1 is 1.03 bits per heavy atom. The van der Waals surface area contributed by atoms with Crippen molar-refractivity contribution in [3.8, 4) is 0 Å². The molecule has 2 aromatic carbocycles. The maximum Gasteiger partial charge on any atom is 0.210 e. The normalized spacial score (nSPS) is 16.0. The van der Waals surface area contributed by atoms with Crippen LogP contribution in [0.1, 0.15) is 18.1 Å². The van der Waals surface area contributed by atoms with Gasteiger partial charge in [0.1, 0.15) is 4.90 Å². The number of nitrogens with zero attached hydrogens (tertiary/aromatic N) is 3. The molecule has 7 nitrogen and oxygen atoms in total. The van der Waals surface area contributed by atoms with Crippen LogP contribution in [0.15, 0.2) is 58.5 Å². The maximum atomic E-state index is 13.6. The zero-order valence-electron chi connectivity index (χ0n) is 17.9. The van der Waals surface area contributed by atoms with Crippen molar-refractivity contribution in [1.29, 1.82) is 0 Å². The number of likely N-dealkylation sites (N-methyl/N-ethyl adjacent to an activating group) is 1. The smallest absolute Gasteiger partial charge is 0.210 e. The number of nitrogens with one attached hydrogen (secondary N) is 1. The summed E-state index contributed by atoms with van der Waals surface area (Å²) in [6, 6.07) is 12.4. The van der Waals surface area contributed by atoms with Crippen LogP contribution in [-0.2, 0) is 22.9 Å². The Labute approximate surface area is 183 Å². The monoisotopic (exact) mass is 440 g/mol. The number of fused-ring (bicyclic) bond motifs is 1. The number of aryl methyl sites for hydroxylation is 1. The first-order chi connectivity index (χ1) is 14.9. The Bertz CT molecular complexity index is 1170. The fourth-order valence-corrected chi connectivity index (χ4v) is 5.11. The van der Waals surface area contributed by atoms with Crippen molar-refractivity contribution in [1.82, 2.24) is 14.9 Å². The first-order valence-corrected chi connectivity index (χ1v) is 12.0. The summed E-state index contributed by atoms with van der Waals surface area (Å²) in [7, 11) is -1.72. The van der Waals surface area contributed by atoms with Crippen LogP contribution in [0, 0.1) is 0 Å². The predicted molar refractivity (Wildman–Crippen MR) is 122 cm³/mol. The molecule has 0 atom stereocenters. The van der Waals surface area contributed by atoms with Gasteiger partial charge in [0, 0.05) is 37.8 Å². The van der Waals surface area contributed by atoms with Crippen LogP contribution in [0.25, 0.3) is 10.9 Å². The molecule has 31 heavy (non-hydrogen) atoms. The zero-order valence-corrected chi connectivity index (χ0v) is 18.7. The first-order valence-electron chi connectivity index (χ1n) is 10.5. The zero-order chi connectivity index (χ0) is 22.0. The second-order valence-electron chi connectivity index (χ2n) is 7.91. The van der Waals surface area contributed by atoms with Crippen LogP contribution >= 0.6 is 0 Å². The molecular formula is C23H28N4O3S. The van der Waals surface area contributed by atoms with E-state index in [2.05, 4.69) is 22.4 Å². The number of aliphatic hydroxyl groups is 1. The molecule has 3 aromatic rings. The van der Waals surface area contributed by atoms with Gasteiger partial charge in [-0.3, -0.25) is 4.98 Å². The van der Waals surface area contributed by atoms with Crippen LogP contribution in [0.4, 0.5) is 5.69 Å². The van der Waals surface area contributed by atoms with Gasteiger partial charge in [0.15, 0.2) is 0 Å². The van der Waals surface area contributed by atoms with Gasteiger partial charge < -0.3 is 15.4 Å². The molecule has 1 fully saturated rings. The van der Waals surface area contributed by atoms with Crippen LogP contribution in [-0.4, -0.2) is 61.6 Å². The standard InChI is InChI=1S/C23H28N4O3S/c1-3-17-4-7-19(8-5-17)31(29,30)22-15-24-21-9-6-18(16-28)14-20(21)23(22)25-27-12-10-26(2)11-13-27/h4-9,14-15,28H,3,10-13,16H2,1-2H3,(H,24,25). The highest BCUT2D eigenvalue weighted by Crippen LogP contribution is 2.34. The fraction of sp³-hybridized carbons (Fsp3) is 0.348. The van der Waals surface area contributed by atoms with Gasteiger partial charge in [0.2, 0.25) is 9.84 Å². The Kier molecular flexibility index (Phi) is 6.24. The highest BCUT2D eigenvalue weighted by Gasteiger charge is 2.26. The van der Waals surface area contributed by atoms with Crippen LogP contribution in [0.5, 0.6) is 0 Å². The van der Waals surface area contributed by atoms with Gasteiger partial charge >= 0.3 is 0 Å². The van der Waals surface area contributed by atoms with E-state index in [1.807, 2.05) is 30.1 Å². The summed E-state index contributed by atoms with van der Waals surface area (Å²) in [6.45, 7) is 5.22. The number of pyridine rings is 1. The number of hydrazine groups is 1. The van der Waals surface area contributed by atoms with Crippen LogP contribution < -0.4 is 5.43 Å². The number of hydrogen-bond donors (Lipinski definition) is 2. The average Bonchev–Trinajstić information content (AvgIpc) is 2.80. The predicted octanol–water partition coefficient (Wildman–Crippen LogP) is 2.70. The molecule has 1 aliphatic rings. The number of anilines is 1. The molecule has 0 amide bonds. The molecule has 0 radical (unpaired) electrons. The van der Waals surface area contributed by atoms with Crippen molar-refractivity contribution in [3.05, 3.63) is 59.8 Å². The largest absolute Gasteiger partial charge is 0.392 e. The van der Waals surface area contributed by atoms with E-state index in [4.69, 9.17) is 0 Å². The summed E-state index contributed by atoms with van der Waals surface area (Å²) in [4.78, 5) is 7.03. The van der Waals surface area contributed by atoms with Crippen molar-refractivity contribution in [2.45, 2.75) is 29.7 Å². The van der Waals surface area contributed by atoms with Crippen molar-refractivity contribution in [3.63, 3.8) is 0 Å². The van der Waals surface area contributed by atoms with Gasteiger partial charge in [-0.15, -0.1) is 0 Å². The van der Waals surface area contributed by atoms with E-state index in [9.17, 15) is 13.5 Å².